The first-order valence-corrected chi connectivity index (χ1v) is 13.4. The molecule has 1 aliphatic heterocycles. The van der Waals surface area contributed by atoms with Crippen LogP contribution in [0.4, 0.5) is 13.2 Å². The number of hydrogen-bond acceptors (Lipinski definition) is 5. The van der Waals surface area contributed by atoms with Crippen LogP contribution >= 0.6 is 15.9 Å². The summed E-state index contributed by atoms with van der Waals surface area (Å²) in [6, 6.07) is 19.1. The van der Waals surface area contributed by atoms with E-state index in [0.29, 0.717) is 39.9 Å². The van der Waals surface area contributed by atoms with Gasteiger partial charge in [0.2, 0.25) is 5.90 Å². The average Bonchev–Trinajstić information content (AvgIpc) is 3.32. The number of carbonyl (C=O) groups excluding carboxylic acids is 1. The molecule has 0 aliphatic carbocycles. The molecule has 3 aromatic rings. The lowest BCUT2D eigenvalue weighted by atomic mass is 9.84. The van der Waals surface area contributed by atoms with Crippen molar-refractivity contribution in [1.82, 2.24) is 5.32 Å². The Balaban J connectivity index is 1.67. The summed E-state index contributed by atoms with van der Waals surface area (Å²) in [5.41, 5.74) is -0.669. The Bertz CT molecular complexity index is 1380. The van der Waals surface area contributed by atoms with Crippen LogP contribution in [0.15, 0.2) is 94.9 Å². The molecule has 10 heteroatoms. The van der Waals surface area contributed by atoms with Gasteiger partial charge in [-0.25, -0.2) is 4.99 Å². The Labute approximate surface area is 238 Å². The number of alkyl halides is 3. The minimum atomic E-state index is -4.49. The molecule has 1 amide bonds. The van der Waals surface area contributed by atoms with Crippen molar-refractivity contribution in [2.75, 3.05) is 13.2 Å². The summed E-state index contributed by atoms with van der Waals surface area (Å²) < 4.78 is 52.3. The fourth-order valence-electron chi connectivity index (χ4n) is 4.39. The Morgan fingerprint density at radius 2 is 1.90 bits per heavy atom. The van der Waals surface area contributed by atoms with Crippen LogP contribution < -0.4 is 10.1 Å². The van der Waals surface area contributed by atoms with Gasteiger partial charge in [-0.05, 0) is 48.0 Å². The van der Waals surface area contributed by atoms with Gasteiger partial charge in [0.15, 0.2) is 11.6 Å². The molecule has 0 spiro atoms. The van der Waals surface area contributed by atoms with Crippen molar-refractivity contribution in [3.63, 3.8) is 0 Å². The molecule has 210 valence electrons. The van der Waals surface area contributed by atoms with Gasteiger partial charge in [-0.2, -0.15) is 13.2 Å². The number of aliphatic imine (C=N–C) groups is 1. The van der Waals surface area contributed by atoms with Crippen molar-refractivity contribution in [3.05, 3.63) is 112 Å². The number of aliphatic hydroxyl groups excluding tert-OH is 1. The van der Waals surface area contributed by atoms with Gasteiger partial charge in [-0.1, -0.05) is 52.3 Å². The molecule has 1 aliphatic rings. The molecule has 0 unspecified atom stereocenters. The van der Waals surface area contributed by atoms with E-state index in [2.05, 4.69) is 27.8 Å². The van der Waals surface area contributed by atoms with Crippen molar-refractivity contribution in [1.29, 1.82) is 0 Å². The summed E-state index contributed by atoms with van der Waals surface area (Å²) in [7, 11) is 0. The van der Waals surface area contributed by atoms with Crippen LogP contribution in [0.25, 0.3) is 0 Å². The third-order valence-corrected chi connectivity index (χ3v) is 7.10. The van der Waals surface area contributed by atoms with Crippen LogP contribution in [0, 0.1) is 0 Å². The summed E-state index contributed by atoms with van der Waals surface area (Å²) in [6.45, 7) is 4.09. The van der Waals surface area contributed by atoms with Gasteiger partial charge < -0.3 is 19.9 Å². The highest BCUT2D eigenvalue weighted by atomic mass is 79.9. The summed E-state index contributed by atoms with van der Waals surface area (Å²) >= 11 is 3.55. The molecular formula is C30H28BrF3N2O4. The minimum absolute atomic E-state index is 0.0282. The van der Waals surface area contributed by atoms with E-state index < -0.39 is 29.3 Å². The van der Waals surface area contributed by atoms with Gasteiger partial charge in [0.05, 0.1) is 12.2 Å². The van der Waals surface area contributed by atoms with Gasteiger partial charge in [0, 0.05) is 41.6 Å². The molecule has 3 aromatic carbocycles. The van der Waals surface area contributed by atoms with Gasteiger partial charge >= 0.3 is 6.18 Å². The maximum atomic E-state index is 13.9. The largest absolute Gasteiger partial charge is 0.494 e. The van der Waals surface area contributed by atoms with Gasteiger partial charge in [-0.15, -0.1) is 6.58 Å². The third kappa shape index (κ3) is 6.56. The predicted octanol–water partition coefficient (Wildman–Crippen LogP) is 6.38. The number of carbonyl (C=O) groups is 1. The first kappa shape index (κ1) is 29.4. The number of hydrogen-bond donors (Lipinski definition) is 2. The van der Waals surface area contributed by atoms with Crippen LogP contribution in [0.2, 0.25) is 0 Å². The van der Waals surface area contributed by atoms with Crippen LogP contribution in [-0.4, -0.2) is 35.7 Å². The van der Waals surface area contributed by atoms with E-state index in [0.717, 1.165) is 12.1 Å². The molecule has 0 fully saturated rings. The van der Waals surface area contributed by atoms with Crippen LogP contribution in [-0.2, 0) is 22.3 Å². The summed E-state index contributed by atoms with van der Waals surface area (Å²) in [4.78, 5) is 18.7. The normalized spacial score (nSPS) is 18.5. The van der Waals surface area contributed by atoms with Crippen LogP contribution in [0.5, 0.6) is 5.75 Å². The van der Waals surface area contributed by atoms with Crippen molar-refractivity contribution in [2.24, 2.45) is 4.99 Å². The van der Waals surface area contributed by atoms with E-state index in [1.54, 1.807) is 30.3 Å². The van der Waals surface area contributed by atoms with E-state index in [4.69, 9.17) is 19.6 Å². The van der Waals surface area contributed by atoms with E-state index in [1.165, 1.54) is 12.1 Å². The van der Waals surface area contributed by atoms with Crippen molar-refractivity contribution < 1.29 is 32.5 Å². The third-order valence-electron chi connectivity index (χ3n) is 6.38. The van der Waals surface area contributed by atoms with Gasteiger partial charge in [-0.3, -0.25) is 4.79 Å². The molecule has 0 saturated heterocycles. The zero-order valence-corrected chi connectivity index (χ0v) is 23.0. The predicted molar refractivity (Wildman–Crippen MR) is 149 cm³/mol. The second-order valence-corrected chi connectivity index (χ2v) is 10.0. The van der Waals surface area contributed by atoms with Crippen molar-refractivity contribution in [2.45, 2.75) is 37.2 Å². The Morgan fingerprint density at radius 3 is 2.58 bits per heavy atom. The highest BCUT2D eigenvalue weighted by molar-refractivity contribution is 9.10. The molecular weight excluding hydrogens is 589 g/mol. The molecule has 4 rings (SSSR count). The summed E-state index contributed by atoms with van der Waals surface area (Å²) in [5.74, 6) is 0.331. The van der Waals surface area contributed by atoms with E-state index in [9.17, 15) is 18.0 Å². The van der Waals surface area contributed by atoms with E-state index in [-0.39, 0.29) is 25.5 Å². The quantitative estimate of drug-likeness (QED) is 0.194. The molecule has 2 N–H and O–H groups in total. The van der Waals surface area contributed by atoms with E-state index in [1.807, 2.05) is 24.3 Å². The number of benzene rings is 3. The first-order valence-electron chi connectivity index (χ1n) is 12.6. The molecule has 0 radical (unpaired) electrons. The molecule has 1 heterocycles. The number of halogens is 4. The van der Waals surface area contributed by atoms with Crippen LogP contribution in [0.3, 0.4) is 0 Å². The lowest BCUT2D eigenvalue weighted by molar-refractivity contribution is -0.137. The number of aliphatic hydroxyl groups is 1. The van der Waals surface area contributed by atoms with Crippen molar-refractivity contribution in [3.8, 4) is 5.75 Å². The zero-order chi connectivity index (χ0) is 28.8. The maximum Gasteiger partial charge on any atom is 0.416 e. The smallest absolute Gasteiger partial charge is 0.416 e. The molecule has 0 bridgehead atoms. The Hall–Kier alpha value is -3.63. The highest BCUT2D eigenvalue weighted by Crippen LogP contribution is 2.44. The average molecular weight is 617 g/mol. The Kier molecular flexibility index (Phi) is 9.32. The monoisotopic (exact) mass is 616 g/mol. The molecule has 2 atom stereocenters. The number of rotatable bonds is 11. The first-order chi connectivity index (χ1) is 19.2. The van der Waals surface area contributed by atoms with Gasteiger partial charge in [0.1, 0.15) is 5.75 Å². The molecule has 0 saturated carbocycles. The number of nitrogens with zero attached hydrogens (tertiary/aromatic N) is 1. The second kappa shape index (κ2) is 12.7. The highest BCUT2D eigenvalue weighted by Gasteiger charge is 2.53. The fraction of sp³-hybridized carbons (Fsp3) is 0.267. The fourth-order valence-corrected chi connectivity index (χ4v) is 4.89. The topological polar surface area (TPSA) is 80.2 Å². The SMILES string of the molecule is C=CC[C@@]1(C(=O)NCc2cccc(C(F)(F)F)c2)N=C(c2ccc(OCCCO)cc2)O[C@@H]1c1ccccc1Br. The lowest BCUT2D eigenvalue weighted by Gasteiger charge is -2.30. The number of ether oxygens (including phenoxy) is 2. The number of amides is 1. The molecule has 6 nitrogen and oxygen atoms in total. The van der Waals surface area contributed by atoms with E-state index >= 15 is 0 Å². The lowest BCUT2D eigenvalue weighted by Crippen LogP contribution is -2.47. The van der Waals surface area contributed by atoms with Gasteiger partial charge in [0.25, 0.3) is 5.91 Å². The number of nitrogens with one attached hydrogen (secondary N) is 1. The minimum Gasteiger partial charge on any atom is -0.494 e. The van der Waals surface area contributed by atoms with Crippen LogP contribution in [0.1, 0.15) is 41.2 Å². The summed E-state index contributed by atoms with van der Waals surface area (Å²) in [5, 5.41) is 11.7. The Morgan fingerprint density at radius 1 is 1.15 bits per heavy atom. The molecule has 40 heavy (non-hydrogen) atoms. The zero-order valence-electron chi connectivity index (χ0n) is 21.5. The summed E-state index contributed by atoms with van der Waals surface area (Å²) in [6.07, 6.45) is -3.16. The molecule has 0 aromatic heterocycles. The second-order valence-electron chi connectivity index (χ2n) is 9.18. The standard InChI is InChI=1S/C30H28BrF3N2O4/c1-2-15-29(28(38)35-19-20-7-5-8-22(18-20)30(32,33)34)26(24-9-3-4-10-25(24)31)40-27(36-29)21-11-13-23(14-12-21)39-17-6-16-37/h2-5,7-14,18,26,37H,1,6,15-17,19H2,(H,35,38)/t26-,29-/m1/s1. The van der Waals surface area contributed by atoms with Crippen molar-refractivity contribution >= 4 is 27.7 Å². The maximum absolute atomic E-state index is 13.9.